The molecule has 0 saturated heterocycles. The van der Waals surface area contributed by atoms with Crippen LogP contribution in [0.15, 0.2) is 22.7 Å². The van der Waals surface area contributed by atoms with Crippen LogP contribution in [-0.4, -0.2) is 31.6 Å². The molecule has 1 unspecified atom stereocenters. The molecule has 19 heavy (non-hydrogen) atoms. The highest BCUT2D eigenvalue weighted by molar-refractivity contribution is 9.10. The highest BCUT2D eigenvalue weighted by Crippen LogP contribution is 2.31. The summed E-state index contributed by atoms with van der Waals surface area (Å²) in [5.41, 5.74) is 7.24. The molecule has 3 nitrogen and oxygen atoms in total. The highest BCUT2D eigenvalue weighted by Gasteiger charge is 2.20. The van der Waals surface area contributed by atoms with Crippen molar-refractivity contribution in [3.8, 4) is 5.75 Å². The molecule has 0 saturated carbocycles. The predicted octanol–water partition coefficient (Wildman–Crippen LogP) is 3.58. The van der Waals surface area contributed by atoms with Gasteiger partial charge in [0.1, 0.15) is 5.75 Å². The molecule has 1 aromatic carbocycles. The molecule has 0 aliphatic heterocycles. The Labute approximate surface area is 125 Å². The van der Waals surface area contributed by atoms with E-state index in [0.717, 1.165) is 36.2 Å². The zero-order chi connectivity index (χ0) is 14.3. The van der Waals surface area contributed by atoms with Crippen molar-refractivity contribution >= 4 is 15.9 Å². The first kappa shape index (κ1) is 16.5. The van der Waals surface area contributed by atoms with Gasteiger partial charge in [-0.3, -0.25) is 4.90 Å². The van der Waals surface area contributed by atoms with E-state index in [1.165, 1.54) is 5.56 Å². The van der Waals surface area contributed by atoms with Crippen molar-refractivity contribution in [1.29, 1.82) is 0 Å². The second-order valence-electron chi connectivity index (χ2n) is 4.67. The Morgan fingerprint density at radius 1 is 1.26 bits per heavy atom. The van der Waals surface area contributed by atoms with E-state index in [-0.39, 0.29) is 6.04 Å². The summed E-state index contributed by atoms with van der Waals surface area (Å²) in [5, 5.41) is 0. The average molecular weight is 329 g/mol. The number of benzene rings is 1. The van der Waals surface area contributed by atoms with Crippen LogP contribution in [0.1, 0.15) is 38.3 Å². The molecule has 0 radical (unpaired) electrons. The number of nitrogens with zero attached hydrogens (tertiary/aromatic N) is 1. The van der Waals surface area contributed by atoms with Gasteiger partial charge in [-0.1, -0.05) is 29.8 Å². The van der Waals surface area contributed by atoms with Crippen LogP contribution in [0.3, 0.4) is 0 Å². The van der Waals surface area contributed by atoms with E-state index in [9.17, 15) is 0 Å². The second kappa shape index (κ2) is 8.56. The summed E-state index contributed by atoms with van der Waals surface area (Å²) >= 11 is 3.63. The number of hydrogen-bond acceptors (Lipinski definition) is 3. The van der Waals surface area contributed by atoms with Crippen molar-refractivity contribution in [2.75, 3.05) is 26.7 Å². The Morgan fingerprint density at radius 3 is 2.37 bits per heavy atom. The fraction of sp³-hybridized carbons (Fsp3) is 0.600. The van der Waals surface area contributed by atoms with Gasteiger partial charge in [-0.2, -0.15) is 0 Å². The first-order valence-electron chi connectivity index (χ1n) is 6.95. The topological polar surface area (TPSA) is 38.5 Å². The molecule has 4 heteroatoms. The number of ether oxygens (including phenoxy) is 1. The largest absolute Gasteiger partial charge is 0.497 e. The van der Waals surface area contributed by atoms with Gasteiger partial charge >= 0.3 is 0 Å². The summed E-state index contributed by atoms with van der Waals surface area (Å²) in [4.78, 5) is 2.46. The average Bonchev–Trinajstić information content (AvgIpc) is 2.42. The minimum absolute atomic E-state index is 0.240. The van der Waals surface area contributed by atoms with Gasteiger partial charge in [0, 0.05) is 17.1 Å². The van der Waals surface area contributed by atoms with Crippen LogP contribution < -0.4 is 10.5 Å². The molecule has 0 heterocycles. The minimum Gasteiger partial charge on any atom is -0.497 e. The fourth-order valence-electron chi connectivity index (χ4n) is 2.37. The number of halogens is 1. The maximum atomic E-state index is 6.02. The third kappa shape index (κ3) is 4.48. The van der Waals surface area contributed by atoms with Crippen LogP contribution in [-0.2, 0) is 0 Å². The quantitative estimate of drug-likeness (QED) is 0.792. The maximum absolute atomic E-state index is 6.02. The van der Waals surface area contributed by atoms with Crippen LogP contribution in [0, 0.1) is 0 Å². The van der Waals surface area contributed by atoms with Crippen molar-refractivity contribution in [1.82, 2.24) is 4.90 Å². The molecule has 108 valence electrons. The monoisotopic (exact) mass is 328 g/mol. The van der Waals surface area contributed by atoms with Gasteiger partial charge in [0.2, 0.25) is 0 Å². The molecule has 0 spiro atoms. The molecular formula is C15H25BrN2O. The molecule has 2 N–H and O–H groups in total. The summed E-state index contributed by atoms with van der Waals surface area (Å²) in [7, 11) is 1.69. The third-order valence-electron chi connectivity index (χ3n) is 3.25. The van der Waals surface area contributed by atoms with E-state index in [1.807, 2.05) is 12.1 Å². The van der Waals surface area contributed by atoms with Crippen molar-refractivity contribution in [2.45, 2.75) is 32.7 Å². The lowest BCUT2D eigenvalue weighted by Crippen LogP contribution is -2.35. The first-order valence-corrected chi connectivity index (χ1v) is 7.74. The molecule has 0 bridgehead atoms. The first-order chi connectivity index (χ1) is 9.17. The van der Waals surface area contributed by atoms with Crippen LogP contribution in [0.4, 0.5) is 0 Å². The second-order valence-corrected chi connectivity index (χ2v) is 5.53. The van der Waals surface area contributed by atoms with Gasteiger partial charge in [0.25, 0.3) is 0 Å². The van der Waals surface area contributed by atoms with Gasteiger partial charge in [-0.05, 0) is 49.7 Å². The lowest BCUT2D eigenvalue weighted by molar-refractivity contribution is 0.201. The van der Waals surface area contributed by atoms with Gasteiger partial charge in [0.15, 0.2) is 0 Å². The predicted molar refractivity (Wildman–Crippen MR) is 84.6 cm³/mol. The van der Waals surface area contributed by atoms with E-state index in [0.29, 0.717) is 6.54 Å². The molecule has 1 atom stereocenters. The summed E-state index contributed by atoms with van der Waals surface area (Å²) < 4.78 is 6.42. The number of nitrogens with two attached hydrogens (primary N) is 1. The summed E-state index contributed by atoms with van der Waals surface area (Å²) in [6.45, 7) is 7.16. The lowest BCUT2D eigenvalue weighted by atomic mass is 10.0. The Hall–Kier alpha value is -0.580. The van der Waals surface area contributed by atoms with Crippen molar-refractivity contribution in [2.24, 2.45) is 5.73 Å². The van der Waals surface area contributed by atoms with Crippen LogP contribution in [0.25, 0.3) is 0 Å². The molecular weight excluding hydrogens is 304 g/mol. The smallest absolute Gasteiger partial charge is 0.119 e. The number of methoxy groups -OCH3 is 1. The standard InChI is InChI=1S/C15H25BrN2O/c1-4-8-18(9-5-2)15(11-17)13-10-12(19-3)6-7-14(13)16/h6-7,10,15H,4-5,8-9,11,17H2,1-3H3. The summed E-state index contributed by atoms with van der Waals surface area (Å²) in [5.74, 6) is 0.879. The van der Waals surface area contributed by atoms with Crippen LogP contribution >= 0.6 is 15.9 Å². The Morgan fingerprint density at radius 2 is 1.89 bits per heavy atom. The molecule has 1 rings (SSSR count). The molecule has 0 fully saturated rings. The molecule has 0 aliphatic rings. The van der Waals surface area contributed by atoms with Crippen LogP contribution in [0.5, 0.6) is 5.75 Å². The van der Waals surface area contributed by atoms with Crippen molar-refractivity contribution in [3.05, 3.63) is 28.2 Å². The molecule has 0 aliphatic carbocycles. The highest BCUT2D eigenvalue weighted by atomic mass is 79.9. The zero-order valence-corrected chi connectivity index (χ0v) is 13.7. The van der Waals surface area contributed by atoms with Crippen molar-refractivity contribution in [3.63, 3.8) is 0 Å². The Balaban J connectivity index is 3.05. The Bertz CT molecular complexity index is 378. The fourth-order valence-corrected chi connectivity index (χ4v) is 2.89. The van der Waals surface area contributed by atoms with Gasteiger partial charge in [0.05, 0.1) is 7.11 Å². The van der Waals surface area contributed by atoms with Crippen molar-refractivity contribution < 1.29 is 4.74 Å². The molecule has 0 amide bonds. The Kier molecular flexibility index (Phi) is 7.42. The van der Waals surface area contributed by atoms with Gasteiger partial charge < -0.3 is 10.5 Å². The van der Waals surface area contributed by atoms with E-state index in [4.69, 9.17) is 10.5 Å². The third-order valence-corrected chi connectivity index (χ3v) is 3.97. The molecule has 0 aromatic heterocycles. The number of rotatable bonds is 8. The van der Waals surface area contributed by atoms with Gasteiger partial charge in [-0.25, -0.2) is 0 Å². The van der Waals surface area contributed by atoms with Crippen LogP contribution in [0.2, 0.25) is 0 Å². The van der Waals surface area contributed by atoms with E-state index < -0.39 is 0 Å². The molecule has 1 aromatic rings. The van der Waals surface area contributed by atoms with E-state index in [2.05, 4.69) is 40.7 Å². The zero-order valence-electron chi connectivity index (χ0n) is 12.2. The maximum Gasteiger partial charge on any atom is 0.119 e. The summed E-state index contributed by atoms with van der Waals surface area (Å²) in [6, 6.07) is 6.32. The van der Waals surface area contributed by atoms with E-state index in [1.54, 1.807) is 7.11 Å². The number of hydrogen-bond donors (Lipinski definition) is 1. The minimum atomic E-state index is 0.240. The lowest BCUT2D eigenvalue weighted by Gasteiger charge is -2.31. The SMILES string of the molecule is CCCN(CCC)C(CN)c1cc(OC)ccc1Br. The van der Waals surface area contributed by atoms with Gasteiger partial charge in [-0.15, -0.1) is 0 Å². The van der Waals surface area contributed by atoms with E-state index >= 15 is 0 Å². The normalized spacial score (nSPS) is 12.7. The summed E-state index contributed by atoms with van der Waals surface area (Å²) in [6.07, 6.45) is 2.27.